The molecule has 1 heterocycles. The molecule has 0 unspecified atom stereocenters. The summed E-state index contributed by atoms with van der Waals surface area (Å²) in [4.78, 5) is 4.42. The number of hydrogen-bond donors (Lipinski definition) is 1. The maximum absolute atomic E-state index is 5.79. The van der Waals surface area contributed by atoms with Gasteiger partial charge in [-0.05, 0) is 19.1 Å². The Morgan fingerprint density at radius 3 is 2.58 bits per heavy atom. The van der Waals surface area contributed by atoms with E-state index < -0.39 is 0 Å². The Morgan fingerprint density at radius 2 is 2.00 bits per heavy atom. The summed E-state index contributed by atoms with van der Waals surface area (Å²) in [5.74, 6) is 1.57. The standard InChI is InChI=1S/C14H19N3O2/c1-9-12(18-3)6-5-10(14(9)19-4)13-11(7-15)17(2)8-16-13/h5-6,8H,7,15H2,1-4H3. The van der Waals surface area contributed by atoms with Crippen molar-refractivity contribution in [3.63, 3.8) is 0 Å². The Hall–Kier alpha value is -2.01. The SMILES string of the molecule is COc1ccc(-c2ncn(C)c2CN)c(OC)c1C. The molecule has 0 bridgehead atoms. The number of nitrogens with two attached hydrogens (primary N) is 1. The second-order valence-corrected chi connectivity index (χ2v) is 4.33. The maximum atomic E-state index is 5.79. The highest BCUT2D eigenvalue weighted by Gasteiger charge is 2.17. The third-order valence-electron chi connectivity index (χ3n) is 3.29. The number of hydrogen-bond acceptors (Lipinski definition) is 4. The van der Waals surface area contributed by atoms with Gasteiger partial charge in [0.05, 0.1) is 31.9 Å². The average molecular weight is 261 g/mol. The predicted octanol–water partition coefficient (Wildman–Crippen LogP) is 1.87. The second kappa shape index (κ2) is 5.32. The first-order valence-electron chi connectivity index (χ1n) is 6.06. The van der Waals surface area contributed by atoms with Gasteiger partial charge in [-0.3, -0.25) is 0 Å². The first-order chi connectivity index (χ1) is 9.13. The molecule has 0 amide bonds. The van der Waals surface area contributed by atoms with E-state index >= 15 is 0 Å². The van der Waals surface area contributed by atoms with Crippen molar-refractivity contribution in [2.45, 2.75) is 13.5 Å². The molecule has 0 spiro atoms. The number of aromatic nitrogens is 2. The minimum absolute atomic E-state index is 0.431. The summed E-state index contributed by atoms with van der Waals surface area (Å²) >= 11 is 0. The van der Waals surface area contributed by atoms with Crippen LogP contribution in [0.1, 0.15) is 11.3 Å². The molecule has 5 heteroatoms. The summed E-state index contributed by atoms with van der Waals surface area (Å²) in [6.45, 7) is 2.40. The largest absolute Gasteiger partial charge is 0.496 e. The molecule has 5 nitrogen and oxygen atoms in total. The monoisotopic (exact) mass is 261 g/mol. The fourth-order valence-corrected chi connectivity index (χ4v) is 2.27. The number of methoxy groups -OCH3 is 2. The Balaban J connectivity index is 2.65. The molecule has 0 aliphatic carbocycles. The van der Waals surface area contributed by atoms with Gasteiger partial charge in [-0.2, -0.15) is 0 Å². The highest BCUT2D eigenvalue weighted by atomic mass is 16.5. The van der Waals surface area contributed by atoms with Crippen LogP contribution in [-0.4, -0.2) is 23.8 Å². The number of nitrogens with zero attached hydrogens (tertiary/aromatic N) is 2. The predicted molar refractivity (Wildman–Crippen MR) is 74.4 cm³/mol. The van der Waals surface area contributed by atoms with Crippen LogP contribution in [0.3, 0.4) is 0 Å². The Labute approximate surface area is 113 Å². The van der Waals surface area contributed by atoms with Crippen molar-refractivity contribution in [2.24, 2.45) is 12.8 Å². The van der Waals surface area contributed by atoms with Crippen LogP contribution in [0.15, 0.2) is 18.5 Å². The molecule has 2 rings (SSSR count). The van der Waals surface area contributed by atoms with Crippen molar-refractivity contribution in [3.8, 4) is 22.8 Å². The van der Waals surface area contributed by atoms with Gasteiger partial charge in [0.25, 0.3) is 0 Å². The first-order valence-corrected chi connectivity index (χ1v) is 6.06. The Kier molecular flexibility index (Phi) is 3.76. The van der Waals surface area contributed by atoms with Gasteiger partial charge in [0.2, 0.25) is 0 Å². The molecule has 0 saturated carbocycles. The zero-order valence-corrected chi connectivity index (χ0v) is 11.7. The first kappa shape index (κ1) is 13.4. The molecule has 2 aromatic rings. The molecule has 1 aromatic carbocycles. The number of ether oxygens (including phenoxy) is 2. The summed E-state index contributed by atoms with van der Waals surface area (Å²) in [5.41, 5.74) is 9.51. The van der Waals surface area contributed by atoms with Crippen molar-refractivity contribution in [1.29, 1.82) is 0 Å². The van der Waals surface area contributed by atoms with E-state index in [0.29, 0.717) is 6.54 Å². The molecule has 2 N–H and O–H groups in total. The molecule has 0 aliphatic heterocycles. The van der Waals surface area contributed by atoms with Crippen LogP contribution in [0.4, 0.5) is 0 Å². The van der Waals surface area contributed by atoms with E-state index in [1.54, 1.807) is 20.5 Å². The summed E-state index contributed by atoms with van der Waals surface area (Å²) in [6.07, 6.45) is 1.76. The average Bonchev–Trinajstić information content (AvgIpc) is 2.79. The van der Waals surface area contributed by atoms with E-state index in [-0.39, 0.29) is 0 Å². The van der Waals surface area contributed by atoms with Crippen LogP contribution < -0.4 is 15.2 Å². The number of rotatable bonds is 4. The van der Waals surface area contributed by atoms with Crippen LogP contribution in [0.2, 0.25) is 0 Å². The van der Waals surface area contributed by atoms with Gasteiger partial charge in [-0.25, -0.2) is 4.98 Å². The molecular weight excluding hydrogens is 242 g/mol. The Morgan fingerprint density at radius 1 is 1.26 bits per heavy atom. The zero-order valence-electron chi connectivity index (χ0n) is 11.7. The van der Waals surface area contributed by atoms with Crippen LogP contribution >= 0.6 is 0 Å². The van der Waals surface area contributed by atoms with Crippen molar-refractivity contribution in [2.75, 3.05) is 14.2 Å². The molecule has 0 saturated heterocycles. The van der Waals surface area contributed by atoms with Crippen molar-refractivity contribution < 1.29 is 9.47 Å². The smallest absolute Gasteiger partial charge is 0.134 e. The molecule has 102 valence electrons. The lowest BCUT2D eigenvalue weighted by atomic mass is 10.0. The lowest BCUT2D eigenvalue weighted by Gasteiger charge is -2.14. The van der Waals surface area contributed by atoms with Crippen LogP contribution in [-0.2, 0) is 13.6 Å². The molecule has 0 aliphatic rings. The highest BCUT2D eigenvalue weighted by molar-refractivity contribution is 5.73. The van der Waals surface area contributed by atoms with Gasteiger partial charge in [0.1, 0.15) is 11.5 Å². The fourth-order valence-electron chi connectivity index (χ4n) is 2.27. The summed E-state index contributed by atoms with van der Waals surface area (Å²) in [6, 6.07) is 3.87. The van der Waals surface area contributed by atoms with E-state index in [1.807, 2.05) is 30.7 Å². The second-order valence-electron chi connectivity index (χ2n) is 4.33. The number of aryl methyl sites for hydroxylation is 1. The van der Waals surface area contributed by atoms with Crippen LogP contribution in [0.5, 0.6) is 11.5 Å². The minimum Gasteiger partial charge on any atom is -0.496 e. The lowest BCUT2D eigenvalue weighted by molar-refractivity contribution is 0.390. The topological polar surface area (TPSA) is 62.3 Å². The van der Waals surface area contributed by atoms with Crippen molar-refractivity contribution in [3.05, 3.63) is 29.7 Å². The molecule has 0 radical (unpaired) electrons. The minimum atomic E-state index is 0.431. The van der Waals surface area contributed by atoms with E-state index in [2.05, 4.69) is 4.98 Å². The fraction of sp³-hybridized carbons (Fsp3) is 0.357. The molecular formula is C14H19N3O2. The lowest BCUT2D eigenvalue weighted by Crippen LogP contribution is -2.05. The van der Waals surface area contributed by atoms with Crippen LogP contribution in [0.25, 0.3) is 11.3 Å². The van der Waals surface area contributed by atoms with Crippen LogP contribution in [0, 0.1) is 6.92 Å². The summed E-state index contributed by atoms with van der Waals surface area (Å²) < 4.78 is 12.7. The van der Waals surface area contributed by atoms with Gasteiger partial charge in [0, 0.05) is 24.7 Å². The third kappa shape index (κ3) is 2.17. The summed E-state index contributed by atoms with van der Waals surface area (Å²) in [5, 5.41) is 0. The van der Waals surface area contributed by atoms with Crippen molar-refractivity contribution in [1.82, 2.24) is 9.55 Å². The van der Waals surface area contributed by atoms with E-state index in [4.69, 9.17) is 15.2 Å². The van der Waals surface area contributed by atoms with E-state index in [1.165, 1.54) is 0 Å². The van der Waals surface area contributed by atoms with Gasteiger partial charge >= 0.3 is 0 Å². The van der Waals surface area contributed by atoms with E-state index in [9.17, 15) is 0 Å². The number of imidazole rings is 1. The normalized spacial score (nSPS) is 10.6. The molecule has 1 aromatic heterocycles. The molecule has 0 fully saturated rings. The Bertz CT molecular complexity index is 591. The van der Waals surface area contributed by atoms with Gasteiger partial charge in [-0.1, -0.05) is 0 Å². The summed E-state index contributed by atoms with van der Waals surface area (Å²) in [7, 11) is 5.23. The molecule has 19 heavy (non-hydrogen) atoms. The van der Waals surface area contributed by atoms with Crippen molar-refractivity contribution >= 4 is 0 Å². The van der Waals surface area contributed by atoms with Gasteiger partial charge < -0.3 is 19.8 Å². The van der Waals surface area contributed by atoms with E-state index in [0.717, 1.165) is 34.0 Å². The zero-order chi connectivity index (χ0) is 14.0. The number of benzene rings is 1. The third-order valence-corrected chi connectivity index (χ3v) is 3.29. The quantitative estimate of drug-likeness (QED) is 0.912. The maximum Gasteiger partial charge on any atom is 0.134 e. The van der Waals surface area contributed by atoms with Gasteiger partial charge in [-0.15, -0.1) is 0 Å². The highest BCUT2D eigenvalue weighted by Crippen LogP contribution is 2.38. The van der Waals surface area contributed by atoms with Gasteiger partial charge in [0.15, 0.2) is 0 Å². The molecule has 0 atom stereocenters.